The molecule has 1 heterocycles. The van der Waals surface area contributed by atoms with Crippen molar-refractivity contribution in [1.29, 1.82) is 0 Å². The molecule has 2 aromatic rings. The van der Waals surface area contributed by atoms with Crippen molar-refractivity contribution in [2.45, 2.75) is 24.8 Å². The van der Waals surface area contributed by atoms with Crippen molar-refractivity contribution in [2.24, 2.45) is 0 Å². The fourth-order valence-corrected chi connectivity index (χ4v) is 2.83. The first-order valence-corrected chi connectivity index (χ1v) is 6.74. The number of carbonyl (C=O) groups is 1. The lowest BCUT2D eigenvalue weighted by atomic mass is 9.81. The molecule has 1 N–H and O–H groups in total. The Morgan fingerprint density at radius 3 is 2.05 bits per heavy atom. The Morgan fingerprint density at radius 1 is 0.842 bits per heavy atom. The number of amides is 1. The first-order valence-electron chi connectivity index (χ1n) is 6.74. The highest BCUT2D eigenvalue weighted by atomic mass is 16.1. The third-order valence-electron chi connectivity index (χ3n) is 3.79. The molecule has 0 aromatic heterocycles. The van der Waals surface area contributed by atoms with E-state index in [0.29, 0.717) is 12.3 Å². The van der Waals surface area contributed by atoms with Crippen molar-refractivity contribution in [3.05, 3.63) is 71.8 Å². The van der Waals surface area contributed by atoms with Gasteiger partial charge < -0.3 is 5.32 Å². The van der Waals surface area contributed by atoms with Gasteiger partial charge in [-0.05, 0) is 17.5 Å². The van der Waals surface area contributed by atoms with Crippen LogP contribution in [0.15, 0.2) is 60.7 Å². The van der Waals surface area contributed by atoms with Gasteiger partial charge in [0, 0.05) is 12.3 Å². The summed E-state index contributed by atoms with van der Waals surface area (Å²) in [6, 6.07) is 20.8. The molecule has 19 heavy (non-hydrogen) atoms. The van der Waals surface area contributed by atoms with E-state index in [0.717, 1.165) is 6.42 Å². The van der Waals surface area contributed by atoms with Crippen molar-refractivity contribution in [2.75, 3.05) is 0 Å². The van der Waals surface area contributed by atoms with Crippen molar-refractivity contribution in [3.63, 3.8) is 0 Å². The molecule has 1 saturated heterocycles. The van der Waals surface area contributed by atoms with Gasteiger partial charge in [-0.25, -0.2) is 0 Å². The lowest BCUT2D eigenvalue weighted by Crippen LogP contribution is -2.37. The van der Waals surface area contributed by atoms with Gasteiger partial charge in [0.15, 0.2) is 0 Å². The summed E-state index contributed by atoms with van der Waals surface area (Å²) in [6.07, 6.45) is 1.53. The molecule has 0 bridgehead atoms. The van der Waals surface area contributed by atoms with E-state index in [4.69, 9.17) is 0 Å². The standard InChI is InChI=1S/C17H17NO/c19-16-12-11-15(13-7-3-1-4-8-13)17(18-16)14-9-5-2-6-10-14/h1-10,15,17H,11-12H2,(H,18,19). The topological polar surface area (TPSA) is 29.1 Å². The molecule has 0 saturated carbocycles. The number of carbonyl (C=O) groups excluding carboxylic acids is 1. The quantitative estimate of drug-likeness (QED) is 0.870. The number of nitrogens with one attached hydrogen (secondary N) is 1. The van der Waals surface area contributed by atoms with Crippen LogP contribution in [0, 0.1) is 0 Å². The molecular formula is C17H17NO. The molecule has 1 aliphatic heterocycles. The summed E-state index contributed by atoms with van der Waals surface area (Å²) < 4.78 is 0. The first-order chi connectivity index (χ1) is 9.34. The van der Waals surface area contributed by atoms with E-state index in [1.54, 1.807) is 0 Å². The van der Waals surface area contributed by atoms with Gasteiger partial charge in [-0.3, -0.25) is 4.79 Å². The van der Waals surface area contributed by atoms with Gasteiger partial charge in [0.05, 0.1) is 6.04 Å². The van der Waals surface area contributed by atoms with E-state index in [2.05, 4.69) is 41.7 Å². The van der Waals surface area contributed by atoms with Gasteiger partial charge in [-0.2, -0.15) is 0 Å². The SMILES string of the molecule is O=C1CCC(c2ccccc2)C(c2ccccc2)N1. The van der Waals surface area contributed by atoms with Crippen LogP contribution in [0.25, 0.3) is 0 Å². The Kier molecular flexibility index (Phi) is 3.32. The van der Waals surface area contributed by atoms with E-state index in [1.165, 1.54) is 11.1 Å². The zero-order valence-electron chi connectivity index (χ0n) is 10.8. The maximum atomic E-state index is 11.7. The number of rotatable bonds is 2. The Morgan fingerprint density at radius 2 is 1.42 bits per heavy atom. The first kappa shape index (κ1) is 12.0. The Bertz CT molecular complexity index is 550. The zero-order chi connectivity index (χ0) is 13.1. The lowest BCUT2D eigenvalue weighted by molar-refractivity contribution is -0.123. The summed E-state index contributed by atoms with van der Waals surface area (Å²) in [5, 5.41) is 3.14. The fraction of sp³-hybridized carbons (Fsp3) is 0.235. The minimum Gasteiger partial charge on any atom is -0.349 e. The normalized spacial score (nSPS) is 22.8. The highest BCUT2D eigenvalue weighted by Crippen LogP contribution is 2.37. The van der Waals surface area contributed by atoms with Gasteiger partial charge in [-0.1, -0.05) is 60.7 Å². The summed E-state index contributed by atoms with van der Waals surface area (Å²) in [7, 11) is 0. The van der Waals surface area contributed by atoms with E-state index < -0.39 is 0 Å². The minimum absolute atomic E-state index is 0.0878. The van der Waals surface area contributed by atoms with Gasteiger partial charge in [0.1, 0.15) is 0 Å². The Labute approximate surface area is 113 Å². The molecule has 0 spiro atoms. The van der Waals surface area contributed by atoms with Crippen LogP contribution in [-0.4, -0.2) is 5.91 Å². The summed E-state index contributed by atoms with van der Waals surface area (Å²) in [6.45, 7) is 0. The van der Waals surface area contributed by atoms with E-state index in [1.807, 2.05) is 24.3 Å². The van der Waals surface area contributed by atoms with Crippen LogP contribution in [-0.2, 0) is 4.79 Å². The molecule has 2 unspecified atom stereocenters. The average Bonchev–Trinajstić information content (AvgIpc) is 2.49. The second kappa shape index (κ2) is 5.27. The summed E-state index contributed by atoms with van der Waals surface area (Å²) in [5.74, 6) is 0.516. The minimum atomic E-state index is 0.0878. The van der Waals surface area contributed by atoms with Crippen LogP contribution >= 0.6 is 0 Å². The highest BCUT2D eigenvalue weighted by molar-refractivity contribution is 5.77. The van der Waals surface area contributed by atoms with E-state index in [-0.39, 0.29) is 11.9 Å². The molecule has 1 amide bonds. The zero-order valence-corrected chi connectivity index (χ0v) is 10.8. The van der Waals surface area contributed by atoms with Crippen molar-refractivity contribution in [3.8, 4) is 0 Å². The molecular weight excluding hydrogens is 234 g/mol. The number of benzene rings is 2. The molecule has 1 aliphatic rings. The summed E-state index contributed by atoms with van der Waals surface area (Å²) >= 11 is 0. The molecule has 0 aliphatic carbocycles. The van der Waals surface area contributed by atoms with Crippen LogP contribution in [0.5, 0.6) is 0 Å². The second-order valence-corrected chi connectivity index (χ2v) is 5.01. The Balaban J connectivity index is 1.95. The molecule has 0 radical (unpaired) electrons. The molecule has 2 aromatic carbocycles. The molecule has 2 heteroatoms. The van der Waals surface area contributed by atoms with Gasteiger partial charge in [0.25, 0.3) is 0 Å². The maximum absolute atomic E-state index is 11.7. The van der Waals surface area contributed by atoms with Crippen LogP contribution in [0.4, 0.5) is 0 Å². The molecule has 2 nitrogen and oxygen atoms in total. The maximum Gasteiger partial charge on any atom is 0.220 e. The summed E-state index contributed by atoms with van der Waals surface area (Å²) in [5.41, 5.74) is 2.49. The largest absolute Gasteiger partial charge is 0.349 e. The van der Waals surface area contributed by atoms with Gasteiger partial charge in [-0.15, -0.1) is 0 Å². The summed E-state index contributed by atoms with van der Waals surface area (Å²) in [4.78, 5) is 11.7. The fourth-order valence-electron chi connectivity index (χ4n) is 2.83. The van der Waals surface area contributed by atoms with Gasteiger partial charge in [0.2, 0.25) is 5.91 Å². The van der Waals surface area contributed by atoms with Gasteiger partial charge >= 0.3 is 0 Å². The number of piperidine rings is 1. The predicted molar refractivity (Wildman–Crippen MR) is 75.7 cm³/mol. The molecule has 3 rings (SSSR count). The van der Waals surface area contributed by atoms with Crippen LogP contribution in [0.1, 0.15) is 35.9 Å². The van der Waals surface area contributed by atoms with Crippen LogP contribution in [0.2, 0.25) is 0 Å². The molecule has 1 fully saturated rings. The predicted octanol–water partition coefficient (Wildman–Crippen LogP) is 3.42. The lowest BCUT2D eigenvalue weighted by Gasteiger charge is -2.33. The Hall–Kier alpha value is -2.09. The molecule has 2 atom stereocenters. The molecule has 96 valence electrons. The highest BCUT2D eigenvalue weighted by Gasteiger charge is 2.30. The van der Waals surface area contributed by atoms with Crippen LogP contribution in [0.3, 0.4) is 0 Å². The number of hydrogen-bond acceptors (Lipinski definition) is 1. The van der Waals surface area contributed by atoms with Crippen molar-refractivity contribution < 1.29 is 4.79 Å². The third-order valence-corrected chi connectivity index (χ3v) is 3.79. The van der Waals surface area contributed by atoms with E-state index >= 15 is 0 Å². The number of hydrogen-bond donors (Lipinski definition) is 1. The average molecular weight is 251 g/mol. The van der Waals surface area contributed by atoms with Crippen molar-refractivity contribution in [1.82, 2.24) is 5.32 Å². The smallest absolute Gasteiger partial charge is 0.220 e. The van der Waals surface area contributed by atoms with E-state index in [9.17, 15) is 4.79 Å². The monoisotopic (exact) mass is 251 g/mol. The second-order valence-electron chi connectivity index (χ2n) is 5.01. The van der Waals surface area contributed by atoms with Crippen molar-refractivity contribution >= 4 is 5.91 Å². The van der Waals surface area contributed by atoms with Crippen LogP contribution < -0.4 is 5.32 Å². The third kappa shape index (κ3) is 2.53.